The molecule has 6 heteroatoms. The van der Waals surface area contributed by atoms with Crippen LogP contribution in [0.25, 0.3) is 0 Å². The van der Waals surface area contributed by atoms with Gasteiger partial charge in [-0.25, -0.2) is 4.98 Å². The second-order valence-electron chi connectivity index (χ2n) is 4.43. The highest BCUT2D eigenvalue weighted by Gasteiger charge is 2.12. The minimum Gasteiger partial charge on any atom is -0.481 e. The van der Waals surface area contributed by atoms with Crippen molar-refractivity contribution >= 4 is 11.9 Å². The van der Waals surface area contributed by atoms with Crippen molar-refractivity contribution in [2.24, 2.45) is 0 Å². The first-order valence-electron chi connectivity index (χ1n) is 6.51. The summed E-state index contributed by atoms with van der Waals surface area (Å²) in [7, 11) is 0. The van der Waals surface area contributed by atoms with Gasteiger partial charge in [-0.15, -0.1) is 0 Å². The van der Waals surface area contributed by atoms with Gasteiger partial charge in [0.1, 0.15) is 0 Å². The molecule has 1 aromatic heterocycles. The van der Waals surface area contributed by atoms with Gasteiger partial charge in [-0.05, 0) is 19.8 Å². The van der Waals surface area contributed by atoms with Crippen LogP contribution in [0.5, 0.6) is 0 Å². The van der Waals surface area contributed by atoms with E-state index in [0.717, 1.165) is 32.1 Å². The Morgan fingerprint density at radius 3 is 2.58 bits per heavy atom. The van der Waals surface area contributed by atoms with Crippen molar-refractivity contribution < 1.29 is 19.1 Å². The molecule has 0 aliphatic carbocycles. The Labute approximate surface area is 112 Å². The minimum absolute atomic E-state index is 0.235. The van der Waals surface area contributed by atoms with Crippen LogP contribution in [0.1, 0.15) is 54.8 Å². The van der Waals surface area contributed by atoms with E-state index in [0.29, 0.717) is 12.2 Å². The van der Waals surface area contributed by atoms with Crippen molar-refractivity contribution in [3.63, 3.8) is 0 Å². The molecule has 1 aromatic rings. The summed E-state index contributed by atoms with van der Waals surface area (Å²) in [6.45, 7) is 2.32. The number of amides is 1. The fourth-order valence-corrected chi connectivity index (χ4v) is 1.73. The zero-order valence-corrected chi connectivity index (χ0v) is 11.1. The second kappa shape index (κ2) is 8.29. The fraction of sp³-hybridized carbons (Fsp3) is 0.615. The number of hydrogen-bond donors (Lipinski definition) is 2. The van der Waals surface area contributed by atoms with Gasteiger partial charge < -0.3 is 14.8 Å². The highest BCUT2D eigenvalue weighted by atomic mass is 16.4. The fourth-order valence-electron chi connectivity index (χ4n) is 1.73. The number of carboxylic acid groups (broad SMARTS) is 1. The van der Waals surface area contributed by atoms with Crippen LogP contribution in [-0.2, 0) is 4.79 Å². The predicted molar refractivity (Wildman–Crippen MR) is 68.9 cm³/mol. The van der Waals surface area contributed by atoms with Crippen LogP contribution in [0, 0.1) is 6.92 Å². The number of unbranched alkanes of at least 4 members (excludes halogenated alkanes) is 4. The summed E-state index contributed by atoms with van der Waals surface area (Å²) in [6.07, 6.45) is 5.99. The number of aliphatic carboxylic acids is 1. The summed E-state index contributed by atoms with van der Waals surface area (Å²) in [5.74, 6) is -0.711. The SMILES string of the molecule is Cc1ncoc1C(=O)NCCCCCCCC(=O)O. The van der Waals surface area contributed by atoms with Gasteiger partial charge in [0.15, 0.2) is 6.39 Å². The smallest absolute Gasteiger partial charge is 0.303 e. The Bertz CT molecular complexity index is 415. The molecule has 6 nitrogen and oxygen atoms in total. The molecule has 0 saturated heterocycles. The van der Waals surface area contributed by atoms with E-state index in [4.69, 9.17) is 9.52 Å². The monoisotopic (exact) mass is 268 g/mol. The van der Waals surface area contributed by atoms with Crippen LogP contribution in [0.3, 0.4) is 0 Å². The first-order valence-corrected chi connectivity index (χ1v) is 6.51. The molecule has 0 unspecified atom stereocenters. The summed E-state index contributed by atoms with van der Waals surface area (Å²) in [6, 6.07) is 0. The van der Waals surface area contributed by atoms with Crippen molar-refractivity contribution in [1.29, 1.82) is 0 Å². The third kappa shape index (κ3) is 6.03. The summed E-state index contributed by atoms with van der Waals surface area (Å²) in [5, 5.41) is 11.2. The van der Waals surface area contributed by atoms with Gasteiger partial charge in [0.2, 0.25) is 5.76 Å². The highest BCUT2D eigenvalue weighted by Crippen LogP contribution is 2.06. The normalized spacial score (nSPS) is 10.4. The maximum Gasteiger partial charge on any atom is 0.303 e. The first-order chi connectivity index (χ1) is 9.11. The van der Waals surface area contributed by atoms with Crippen molar-refractivity contribution in [1.82, 2.24) is 10.3 Å². The average Bonchev–Trinajstić information content (AvgIpc) is 2.78. The molecule has 0 bridgehead atoms. The Hall–Kier alpha value is -1.85. The van der Waals surface area contributed by atoms with E-state index >= 15 is 0 Å². The number of carbonyl (C=O) groups excluding carboxylic acids is 1. The lowest BCUT2D eigenvalue weighted by molar-refractivity contribution is -0.137. The molecule has 2 N–H and O–H groups in total. The van der Waals surface area contributed by atoms with Gasteiger partial charge in [-0.2, -0.15) is 0 Å². The number of aromatic nitrogens is 1. The molecule has 0 radical (unpaired) electrons. The van der Waals surface area contributed by atoms with Crippen LogP contribution in [-0.4, -0.2) is 28.5 Å². The molecule has 1 heterocycles. The number of rotatable bonds is 9. The second-order valence-corrected chi connectivity index (χ2v) is 4.43. The van der Waals surface area contributed by atoms with Crippen molar-refractivity contribution in [3.8, 4) is 0 Å². The number of nitrogens with zero attached hydrogens (tertiary/aromatic N) is 1. The predicted octanol–water partition coefficient (Wildman–Crippen LogP) is 2.14. The van der Waals surface area contributed by atoms with Crippen LogP contribution < -0.4 is 5.32 Å². The molecule has 0 aromatic carbocycles. The van der Waals surface area contributed by atoms with E-state index in [-0.39, 0.29) is 18.1 Å². The number of oxazole rings is 1. The van der Waals surface area contributed by atoms with Gasteiger partial charge in [-0.1, -0.05) is 19.3 Å². The maximum atomic E-state index is 11.6. The molecule has 1 amide bonds. The molecule has 0 fully saturated rings. The molecule has 0 saturated carbocycles. The summed E-state index contributed by atoms with van der Waals surface area (Å²) < 4.78 is 4.98. The molecule has 0 aliphatic heterocycles. The van der Waals surface area contributed by atoms with E-state index in [2.05, 4.69) is 10.3 Å². The molecular formula is C13H20N2O4. The van der Waals surface area contributed by atoms with Crippen LogP contribution in [0.2, 0.25) is 0 Å². The van der Waals surface area contributed by atoms with Gasteiger partial charge in [0.05, 0.1) is 5.69 Å². The Balaban J connectivity index is 2.01. The largest absolute Gasteiger partial charge is 0.481 e. The summed E-state index contributed by atoms with van der Waals surface area (Å²) in [4.78, 5) is 25.8. The van der Waals surface area contributed by atoms with E-state index in [1.807, 2.05) is 0 Å². The Morgan fingerprint density at radius 1 is 1.26 bits per heavy atom. The standard InChI is InChI=1S/C13H20N2O4/c1-10-12(19-9-15-10)13(18)14-8-6-4-2-3-5-7-11(16)17/h9H,2-8H2,1H3,(H,14,18)(H,16,17). The minimum atomic E-state index is -0.741. The third-order valence-corrected chi connectivity index (χ3v) is 2.80. The highest BCUT2D eigenvalue weighted by molar-refractivity contribution is 5.92. The number of carbonyl (C=O) groups is 2. The van der Waals surface area contributed by atoms with Gasteiger partial charge in [0, 0.05) is 13.0 Å². The van der Waals surface area contributed by atoms with E-state index in [1.165, 1.54) is 6.39 Å². The number of carboxylic acids is 1. The van der Waals surface area contributed by atoms with Gasteiger partial charge >= 0.3 is 5.97 Å². The lowest BCUT2D eigenvalue weighted by Crippen LogP contribution is -2.24. The van der Waals surface area contributed by atoms with Crippen molar-refractivity contribution in [2.45, 2.75) is 45.4 Å². The average molecular weight is 268 g/mol. The van der Waals surface area contributed by atoms with Gasteiger partial charge in [0.25, 0.3) is 5.91 Å². The van der Waals surface area contributed by atoms with Crippen LogP contribution in [0.15, 0.2) is 10.8 Å². The molecule has 19 heavy (non-hydrogen) atoms. The van der Waals surface area contributed by atoms with Crippen LogP contribution >= 0.6 is 0 Å². The lowest BCUT2D eigenvalue weighted by Gasteiger charge is -2.03. The summed E-state index contributed by atoms with van der Waals surface area (Å²) >= 11 is 0. The van der Waals surface area contributed by atoms with E-state index in [9.17, 15) is 9.59 Å². The lowest BCUT2D eigenvalue weighted by atomic mass is 10.1. The van der Waals surface area contributed by atoms with E-state index < -0.39 is 5.97 Å². The van der Waals surface area contributed by atoms with Crippen molar-refractivity contribution in [3.05, 3.63) is 17.8 Å². The van der Waals surface area contributed by atoms with Crippen molar-refractivity contribution in [2.75, 3.05) is 6.54 Å². The maximum absolute atomic E-state index is 11.6. The third-order valence-electron chi connectivity index (χ3n) is 2.80. The molecular weight excluding hydrogens is 248 g/mol. The number of aryl methyl sites for hydroxylation is 1. The zero-order chi connectivity index (χ0) is 14.1. The van der Waals surface area contributed by atoms with Gasteiger partial charge in [-0.3, -0.25) is 9.59 Å². The Morgan fingerprint density at radius 2 is 1.95 bits per heavy atom. The van der Waals surface area contributed by atoms with Crippen LogP contribution in [0.4, 0.5) is 0 Å². The molecule has 1 rings (SSSR count). The molecule has 0 aliphatic rings. The zero-order valence-electron chi connectivity index (χ0n) is 11.1. The topological polar surface area (TPSA) is 92.4 Å². The molecule has 0 atom stereocenters. The number of nitrogens with one attached hydrogen (secondary N) is 1. The van der Waals surface area contributed by atoms with E-state index in [1.54, 1.807) is 6.92 Å². The summed E-state index contributed by atoms with van der Waals surface area (Å²) in [5.41, 5.74) is 0.589. The molecule has 0 spiro atoms. The Kier molecular flexibility index (Phi) is 6.63. The number of hydrogen-bond acceptors (Lipinski definition) is 4. The molecule has 106 valence electrons. The first kappa shape index (κ1) is 15.2. The quantitative estimate of drug-likeness (QED) is 0.669.